The molecule has 0 aromatic heterocycles. The van der Waals surface area contributed by atoms with Crippen molar-refractivity contribution in [1.29, 1.82) is 0 Å². The van der Waals surface area contributed by atoms with E-state index in [-0.39, 0.29) is 5.97 Å². The number of carbonyl (C=O) groups excluding carboxylic acids is 1. The molecule has 1 aromatic carbocycles. The molecule has 16 heavy (non-hydrogen) atoms. The van der Waals surface area contributed by atoms with Gasteiger partial charge in [-0.25, -0.2) is 4.79 Å². The van der Waals surface area contributed by atoms with Crippen LogP contribution in [0.4, 0.5) is 5.69 Å². The van der Waals surface area contributed by atoms with Crippen LogP contribution < -0.4 is 9.22 Å². The van der Waals surface area contributed by atoms with Gasteiger partial charge in [-0.2, -0.15) is 0 Å². The number of likely N-dealkylation sites (N-methyl/N-ethyl adjacent to an activating group) is 1. The molecular formula is C12H16NO3+. The fraction of sp³-hybridized carbons (Fsp3) is 0.417. The quantitative estimate of drug-likeness (QED) is 0.532. The summed E-state index contributed by atoms with van der Waals surface area (Å²) in [4.78, 5) is 11.4. The highest BCUT2D eigenvalue weighted by Gasteiger charge is 2.29. The van der Waals surface area contributed by atoms with Gasteiger partial charge < -0.3 is 9.47 Å². The third kappa shape index (κ3) is 1.76. The highest BCUT2D eigenvalue weighted by molar-refractivity contribution is 5.91. The Balaban J connectivity index is 2.47. The first-order chi connectivity index (χ1) is 7.54. The molecule has 4 nitrogen and oxygen atoms in total. The van der Waals surface area contributed by atoms with Gasteiger partial charge in [0.15, 0.2) is 11.4 Å². The highest BCUT2D eigenvalue weighted by atomic mass is 16.5. The third-order valence-electron chi connectivity index (χ3n) is 2.94. The Morgan fingerprint density at radius 2 is 2.19 bits per heavy atom. The number of nitrogens with zero attached hydrogens (tertiary/aromatic N) is 1. The Labute approximate surface area is 95.0 Å². The molecule has 0 atom stereocenters. The van der Waals surface area contributed by atoms with Crippen LogP contribution in [0.1, 0.15) is 10.4 Å². The Morgan fingerprint density at radius 3 is 2.88 bits per heavy atom. The second-order valence-corrected chi connectivity index (χ2v) is 4.43. The minimum absolute atomic E-state index is 0.312. The predicted molar refractivity (Wildman–Crippen MR) is 61.8 cm³/mol. The molecular weight excluding hydrogens is 206 g/mol. The SMILES string of the molecule is COC(=O)c1ccc2c(c1)[N+](C)(C)CCO2. The maximum absolute atomic E-state index is 11.4. The summed E-state index contributed by atoms with van der Waals surface area (Å²) in [5.74, 6) is 0.539. The molecule has 0 fully saturated rings. The summed E-state index contributed by atoms with van der Waals surface area (Å²) in [6.07, 6.45) is 0. The van der Waals surface area contributed by atoms with Gasteiger partial charge in [-0.05, 0) is 12.1 Å². The Kier molecular flexibility index (Phi) is 2.59. The van der Waals surface area contributed by atoms with Crippen LogP contribution in [0.15, 0.2) is 18.2 Å². The molecule has 1 heterocycles. The number of ether oxygens (including phenoxy) is 2. The second-order valence-electron chi connectivity index (χ2n) is 4.43. The molecule has 0 unspecified atom stereocenters. The lowest BCUT2D eigenvalue weighted by molar-refractivity contribution is 0.0600. The smallest absolute Gasteiger partial charge is 0.338 e. The monoisotopic (exact) mass is 222 g/mol. The molecule has 0 radical (unpaired) electrons. The third-order valence-corrected chi connectivity index (χ3v) is 2.94. The first-order valence-electron chi connectivity index (χ1n) is 5.23. The minimum atomic E-state index is -0.312. The van der Waals surface area contributed by atoms with Gasteiger partial charge >= 0.3 is 5.97 Å². The van der Waals surface area contributed by atoms with Crippen LogP contribution in [0, 0.1) is 0 Å². The van der Waals surface area contributed by atoms with Crippen molar-refractivity contribution in [3.05, 3.63) is 23.8 Å². The second kappa shape index (κ2) is 3.79. The summed E-state index contributed by atoms with van der Waals surface area (Å²) in [7, 11) is 5.59. The van der Waals surface area contributed by atoms with Gasteiger partial charge in [0.05, 0.1) is 26.8 Å². The zero-order chi connectivity index (χ0) is 11.8. The Hall–Kier alpha value is -1.55. The lowest BCUT2D eigenvalue weighted by Crippen LogP contribution is -2.46. The zero-order valence-electron chi connectivity index (χ0n) is 9.82. The van der Waals surface area contributed by atoms with E-state index in [0.717, 1.165) is 22.5 Å². The number of esters is 1. The average molecular weight is 222 g/mol. The molecule has 0 aliphatic carbocycles. The van der Waals surface area contributed by atoms with Crippen molar-refractivity contribution >= 4 is 11.7 Å². The summed E-state index contributed by atoms with van der Waals surface area (Å²) < 4.78 is 11.0. The molecule has 1 aliphatic rings. The number of hydrogen-bond acceptors (Lipinski definition) is 3. The number of methoxy groups -OCH3 is 1. The van der Waals surface area contributed by atoms with Crippen LogP contribution in [-0.2, 0) is 4.74 Å². The molecule has 0 N–H and O–H groups in total. The Bertz CT molecular complexity index is 426. The molecule has 1 aliphatic heterocycles. The number of rotatable bonds is 1. The summed E-state index contributed by atoms with van der Waals surface area (Å²) in [6, 6.07) is 5.41. The van der Waals surface area contributed by atoms with Crippen LogP contribution in [0.2, 0.25) is 0 Å². The van der Waals surface area contributed by atoms with Crippen LogP contribution in [0.5, 0.6) is 5.75 Å². The highest BCUT2D eigenvalue weighted by Crippen LogP contribution is 2.35. The van der Waals surface area contributed by atoms with Crippen molar-refractivity contribution in [3.8, 4) is 5.75 Å². The minimum Gasteiger partial charge on any atom is -0.481 e. The van der Waals surface area contributed by atoms with E-state index in [1.54, 1.807) is 6.07 Å². The maximum Gasteiger partial charge on any atom is 0.338 e. The number of benzene rings is 1. The molecule has 86 valence electrons. The van der Waals surface area contributed by atoms with E-state index in [1.165, 1.54) is 7.11 Å². The average Bonchev–Trinajstić information content (AvgIpc) is 2.27. The van der Waals surface area contributed by atoms with E-state index >= 15 is 0 Å². The fourth-order valence-corrected chi connectivity index (χ4v) is 1.86. The van der Waals surface area contributed by atoms with Crippen molar-refractivity contribution < 1.29 is 14.3 Å². The molecule has 0 amide bonds. The van der Waals surface area contributed by atoms with Crippen LogP contribution >= 0.6 is 0 Å². The predicted octanol–water partition coefficient (Wildman–Crippen LogP) is 1.43. The number of carbonyl (C=O) groups is 1. The van der Waals surface area contributed by atoms with E-state index in [1.807, 2.05) is 12.1 Å². The zero-order valence-corrected chi connectivity index (χ0v) is 9.82. The lowest BCUT2D eigenvalue weighted by Gasteiger charge is -2.34. The van der Waals surface area contributed by atoms with Crippen molar-refractivity contribution in [2.75, 3.05) is 34.4 Å². The van der Waals surface area contributed by atoms with Crippen molar-refractivity contribution in [3.63, 3.8) is 0 Å². The van der Waals surface area contributed by atoms with E-state index in [9.17, 15) is 4.79 Å². The van der Waals surface area contributed by atoms with Gasteiger partial charge in [0.1, 0.15) is 13.2 Å². The summed E-state index contributed by atoms with van der Waals surface area (Å²) in [5.41, 5.74) is 1.59. The standard InChI is InChI=1S/C12H16NO3/c1-13(2)6-7-16-11-5-4-9(8-10(11)13)12(14)15-3/h4-5,8H,6-7H2,1-3H3/q+1. The van der Waals surface area contributed by atoms with Gasteiger partial charge in [-0.15, -0.1) is 0 Å². The molecule has 0 saturated heterocycles. The van der Waals surface area contributed by atoms with E-state index in [4.69, 9.17) is 9.47 Å². The van der Waals surface area contributed by atoms with E-state index in [2.05, 4.69) is 14.1 Å². The van der Waals surface area contributed by atoms with Crippen LogP contribution in [0.25, 0.3) is 0 Å². The summed E-state index contributed by atoms with van der Waals surface area (Å²) in [6.45, 7) is 1.61. The number of quaternary nitrogens is 1. The number of hydrogen-bond donors (Lipinski definition) is 0. The molecule has 2 rings (SSSR count). The molecule has 1 aromatic rings. The number of fused-ring (bicyclic) bond motifs is 1. The van der Waals surface area contributed by atoms with Gasteiger partial charge in [0.2, 0.25) is 0 Å². The first-order valence-corrected chi connectivity index (χ1v) is 5.23. The molecule has 4 heteroatoms. The van der Waals surface area contributed by atoms with Crippen LogP contribution in [-0.4, -0.2) is 40.3 Å². The van der Waals surface area contributed by atoms with E-state index in [0.29, 0.717) is 12.2 Å². The first kappa shape index (κ1) is 11.0. The Morgan fingerprint density at radius 1 is 1.44 bits per heavy atom. The van der Waals surface area contributed by atoms with Gasteiger partial charge in [-0.1, -0.05) is 0 Å². The van der Waals surface area contributed by atoms with Crippen molar-refractivity contribution in [1.82, 2.24) is 4.48 Å². The normalized spacial score (nSPS) is 17.2. The lowest BCUT2D eigenvalue weighted by atomic mass is 10.1. The topological polar surface area (TPSA) is 35.5 Å². The van der Waals surface area contributed by atoms with Gasteiger partial charge in [0, 0.05) is 6.07 Å². The van der Waals surface area contributed by atoms with E-state index < -0.39 is 0 Å². The van der Waals surface area contributed by atoms with Crippen molar-refractivity contribution in [2.24, 2.45) is 0 Å². The molecule has 0 spiro atoms. The summed E-state index contributed by atoms with van der Waals surface area (Å²) >= 11 is 0. The summed E-state index contributed by atoms with van der Waals surface area (Å²) in [5, 5.41) is 0. The fourth-order valence-electron chi connectivity index (χ4n) is 1.86. The molecule has 0 bridgehead atoms. The van der Waals surface area contributed by atoms with Crippen molar-refractivity contribution in [2.45, 2.75) is 0 Å². The largest absolute Gasteiger partial charge is 0.481 e. The maximum atomic E-state index is 11.4. The van der Waals surface area contributed by atoms with Gasteiger partial charge in [0.25, 0.3) is 0 Å². The van der Waals surface area contributed by atoms with Crippen LogP contribution in [0.3, 0.4) is 0 Å². The van der Waals surface area contributed by atoms with Gasteiger partial charge in [-0.3, -0.25) is 4.48 Å². The molecule has 0 saturated carbocycles.